The highest BCUT2D eigenvalue weighted by molar-refractivity contribution is 9.11. The Bertz CT molecular complexity index is 303. The minimum absolute atomic E-state index is 0.162. The number of unbranched alkanes of at least 4 members (excludes halogenated alkanes) is 1. The van der Waals surface area contributed by atoms with Crippen LogP contribution in [0.5, 0.6) is 0 Å². The van der Waals surface area contributed by atoms with E-state index < -0.39 is 0 Å². The van der Waals surface area contributed by atoms with E-state index in [1.165, 1.54) is 11.3 Å². The molecule has 78 valence electrons. The van der Waals surface area contributed by atoms with E-state index in [4.69, 9.17) is 5.11 Å². The van der Waals surface area contributed by atoms with E-state index in [-0.39, 0.29) is 12.5 Å². The fraction of sp³-hybridized carbons (Fsp3) is 0.500. The molecule has 14 heavy (non-hydrogen) atoms. The molecule has 0 radical (unpaired) electrons. The number of amides is 1. The minimum atomic E-state index is -0.162. The number of nitrogens with zero attached hydrogens (tertiary/aromatic N) is 1. The van der Waals surface area contributed by atoms with Crippen molar-refractivity contribution in [3.8, 4) is 0 Å². The van der Waals surface area contributed by atoms with E-state index >= 15 is 0 Å². The molecule has 0 aromatic carbocycles. The number of aliphatic hydroxyl groups is 1. The second-order valence-electron chi connectivity index (χ2n) is 2.67. The summed E-state index contributed by atoms with van der Waals surface area (Å²) >= 11 is 4.57. The zero-order valence-electron chi connectivity index (χ0n) is 7.49. The van der Waals surface area contributed by atoms with Crippen LogP contribution in [-0.2, 0) is 0 Å². The van der Waals surface area contributed by atoms with Crippen LogP contribution in [0.3, 0.4) is 0 Å². The second-order valence-corrected chi connectivity index (χ2v) is 4.81. The maximum absolute atomic E-state index is 11.4. The summed E-state index contributed by atoms with van der Waals surface area (Å²) in [5, 5.41) is 12.9. The van der Waals surface area contributed by atoms with Crippen LogP contribution in [0, 0.1) is 0 Å². The van der Waals surface area contributed by atoms with E-state index in [1.54, 1.807) is 5.38 Å². The highest BCUT2D eigenvalue weighted by Crippen LogP contribution is 2.15. The number of hydrogen-bond donors (Lipinski definition) is 2. The van der Waals surface area contributed by atoms with Crippen molar-refractivity contribution in [1.82, 2.24) is 10.3 Å². The Kier molecular flexibility index (Phi) is 5.06. The number of thiazole rings is 1. The van der Waals surface area contributed by atoms with Gasteiger partial charge in [0.2, 0.25) is 0 Å². The lowest BCUT2D eigenvalue weighted by molar-refractivity contribution is 0.0947. The molecular weight excluding hydrogens is 268 g/mol. The Hall–Kier alpha value is -0.460. The van der Waals surface area contributed by atoms with Crippen LogP contribution in [-0.4, -0.2) is 29.1 Å². The first-order valence-electron chi connectivity index (χ1n) is 4.24. The van der Waals surface area contributed by atoms with Gasteiger partial charge in [0.15, 0.2) is 3.92 Å². The van der Waals surface area contributed by atoms with Gasteiger partial charge < -0.3 is 10.4 Å². The maximum Gasteiger partial charge on any atom is 0.270 e. The van der Waals surface area contributed by atoms with Crippen LogP contribution < -0.4 is 5.32 Å². The predicted octanol–water partition coefficient (Wildman–Crippen LogP) is 1.41. The summed E-state index contributed by atoms with van der Waals surface area (Å²) in [5.41, 5.74) is 0.436. The summed E-state index contributed by atoms with van der Waals surface area (Å²) in [5.74, 6) is -0.162. The molecule has 0 unspecified atom stereocenters. The topological polar surface area (TPSA) is 62.2 Å². The first-order valence-corrected chi connectivity index (χ1v) is 5.91. The molecule has 0 aliphatic heterocycles. The largest absolute Gasteiger partial charge is 0.396 e. The lowest BCUT2D eigenvalue weighted by Gasteiger charge is -2.00. The fourth-order valence-corrected chi connectivity index (χ4v) is 1.88. The summed E-state index contributed by atoms with van der Waals surface area (Å²) in [6, 6.07) is 0. The second kappa shape index (κ2) is 6.10. The number of aliphatic hydroxyl groups excluding tert-OH is 1. The van der Waals surface area contributed by atoms with Gasteiger partial charge in [-0.1, -0.05) is 0 Å². The number of nitrogens with one attached hydrogen (secondary N) is 1. The summed E-state index contributed by atoms with van der Waals surface area (Å²) in [4.78, 5) is 15.4. The number of carbonyl (C=O) groups is 1. The Morgan fingerprint density at radius 2 is 2.43 bits per heavy atom. The molecule has 4 nitrogen and oxygen atoms in total. The monoisotopic (exact) mass is 278 g/mol. The molecule has 1 amide bonds. The highest BCUT2D eigenvalue weighted by Gasteiger charge is 2.08. The van der Waals surface area contributed by atoms with E-state index in [0.717, 1.165) is 6.42 Å². The van der Waals surface area contributed by atoms with Crippen molar-refractivity contribution in [3.05, 3.63) is 15.0 Å². The lowest BCUT2D eigenvalue weighted by atomic mass is 10.3. The molecule has 2 N–H and O–H groups in total. The smallest absolute Gasteiger partial charge is 0.270 e. The van der Waals surface area contributed by atoms with E-state index in [9.17, 15) is 4.79 Å². The van der Waals surface area contributed by atoms with E-state index in [1.807, 2.05) is 0 Å². The normalized spacial score (nSPS) is 10.1. The number of rotatable bonds is 5. The van der Waals surface area contributed by atoms with Crippen LogP contribution in [0.25, 0.3) is 0 Å². The zero-order valence-corrected chi connectivity index (χ0v) is 9.90. The first kappa shape index (κ1) is 11.6. The summed E-state index contributed by atoms with van der Waals surface area (Å²) in [6.45, 7) is 0.743. The number of hydrogen-bond acceptors (Lipinski definition) is 4. The predicted molar refractivity (Wildman–Crippen MR) is 58.5 cm³/mol. The molecule has 0 spiro atoms. The van der Waals surface area contributed by atoms with Gasteiger partial charge in [-0.15, -0.1) is 11.3 Å². The minimum Gasteiger partial charge on any atom is -0.396 e. The van der Waals surface area contributed by atoms with Crippen LogP contribution >= 0.6 is 27.3 Å². The summed E-state index contributed by atoms with van der Waals surface area (Å²) in [6.07, 6.45) is 1.49. The third-order valence-corrected chi connectivity index (χ3v) is 2.94. The van der Waals surface area contributed by atoms with Crippen LogP contribution in [0.2, 0.25) is 0 Å². The quantitative estimate of drug-likeness (QED) is 0.801. The van der Waals surface area contributed by atoms with Gasteiger partial charge in [-0.3, -0.25) is 4.79 Å². The Labute approximate surface area is 94.5 Å². The van der Waals surface area contributed by atoms with Crippen molar-refractivity contribution in [2.75, 3.05) is 13.2 Å². The van der Waals surface area contributed by atoms with Crippen molar-refractivity contribution in [1.29, 1.82) is 0 Å². The summed E-state index contributed by atoms with van der Waals surface area (Å²) < 4.78 is 0.706. The van der Waals surface area contributed by atoms with Crippen molar-refractivity contribution in [2.24, 2.45) is 0 Å². The standard InChI is InChI=1S/C8H11BrN2O2S/c9-8-11-6(5-14-8)7(13)10-3-1-2-4-12/h5,12H,1-4H2,(H,10,13). The van der Waals surface area contributed by atoms with Crippen LogP contribution in [0.15, 0.2) is 9.30 Å². The molecule has 0 fully saturated rings. The molecule has 0 bridgehead atoms. The van der Waals surface area contributed by atoms with Gasteiger partial charge in [-0.2, -0.15) is 0 Å². The zero-order chi connectivity index (χ0) is 10.4. The van der Waals surface area contributed by atoms with Gasteiger partial charge in [-0.05, 0) is 28.8 Å². The molecule has 1 heterocycles. The highest BCUT2D eigenvalue weighted by atomic mass is 79.9. The van der Waals surface area contributed by atoms with Gasteiger partial charge in [0.1, 0.15) is 5.69 Å². The number of aromatic nitrogens is 1. The molecule has 1 aromatic rings. The molecule has 0 aliphatic carbocycles. The average Bonchev–Trinajstić information content (AvgIpc) is 2.59. The van der Waals surface area contributed by atoms with Gasteiger partial charge >= 0.3 is 0 Å². The molecule has 1 rings (SSSR count). The maximum atomic E-state index is 11.4. The molecule has 0 atom stereocenters. The molecule has 6 heteroatoms. The third-order valence-electron chi connectivity index (χ3n) is 1.58. The Morgan fingerprint density at radius 3 is 3.00 bits per heavy atom. The van der Waals surface area contributed by atoms with Crippen molar-refractivity contribution in [3.63, 3.8) is 0 Å². The molecule has 1 aromatic heterocycles. The van der Waals surface area contributed by atoms with Gasteiger partial charge in [-0.25, -0.2) is 4.98 Å². The lowest BCUT2D eigenvalue weighted by Crippen LogP contribution is -2.24. The van der Waals surface area contributed by atoms with Gasteiger partial charge in [0.05, 0.1) is 0 Å². The van der Waals surface area contributed by atoms with Crippen LogP contribution in [0.4, 0.5) is 0 Å². The third kappa shape index (κ3) is 3.73. The van der Waals surface area contributed by atoms with Crippen LogP contribution in [0.1, 0.15) is 23.3 Å². The molecule has 0 saturated carbocycles. The average molecular weight is 279 g/mol. The van der Waals surface area contributed by atoms with E-state index in [2.05, 4.69) is 26.2 Å². The first-order chi connectivity index (χ1) is 6.74. The Balaban J connectivity index is 2.29. The number of halogens is 1. The van der Waals surface area contributed by atoms with Crippen molar-refractivity contribution in [2.45, 2.75) is 12.8 Å². The molecular formula is C8H11BrN2O2S. The summed E-state index contributed by atoms with van der Waals surface area (Å²) in [7, 11) is 0. The van der Waals surface area contributed by atoms with E-state index in [0.29, 0.717) is 22.6 Å². The molecule has 0 aliphatic rings. The van der Waals surface area contributed by atoms with Gasteiger partial charge in [0.25, 0.3) is 5.91 Å². The SMILES string of the molecule is O=C(NCCCCO)c1csc(Br)n1. The Morgan fingerprint density at radius 1 is 1.64 bits per heavy atom. The molecule has 0 saturated heterocycles. The fourth-order valence-electron chi connectivity index (χ4n) is 0.885. The van der Waals surface area contributed by atoms with Gasteiger partial charge in [0, 0.05) is 18.5 Å². The van der Waals surface area contributed by atoms with Crippen molar-refractivity contribution >= 4 is 33.2 Å². The van der Waals surface area contributed by atoms with Crippen molar-refractivity contribution < 1.29 is 9.90 Å². The number of carbonyl (C=O) groups excluding carboxylic acids is 1.